The Hall–Kier alpha value is -1.95. The first-order chi connectivity index (χ1) is 10.0. The molecule has 0 saturated carbocycles. The fraction of sp³-hybridized carbons (Fsp3) is 0.133. The lowest BCUT2D eigenvalue weighted by Gasteiger charge is -2.10. The highest BCUT2D eigenvalue weighted by molar-refractivity contribution is 9.10. The van der Waals surface area contributed by atoms with E-state index < -0.39 is 11.6 Å². The maximum atomic E-state index is 13.1. The lowest BCUT2D eigenvalue weighted by atomic mass is 10.1. The summed E-state index contributed by atoms with van der Waals surface area (Å²) in [6.07, 6.45) is 0. The number of amides is 1. The third-order valence-electron chi connectivity index (χ3n) is 2.85. The molecule has 110 valence electrons. The Balaban J connectivity index is 2.09. The lowest BCUT2D eigenvalue weighted by Crippen LogP contribution is -2.23. The molecular weight excluding hydrogens is 344 g/mol. The molecule has 1 N–H and O–H groups in total. The predicted octanol–water partition coefficient (Wildman–Crippen LogP) is 3.67. The van der Waals surface area contributed by atoms with E-state index in [-0.39, 0.29) is 12.5 Å². The van der Waals surface area contributed by atoms with Gasteiger partial charge in [-0.3, -0.25) is 4.79 Å². The minimum Gasteiger partial charge on any atom is -0.496 e. The first-order valence-corrected chi connectivity index (χ1v) is 6.86. The van der Waals surface area contributed by atoms with Gasteiger partial charge in [-0.15, -0.1) is 0 Å². The summed E-state index contributed by atoms with van der Waals surface area (Å²) in [5.41, 5.74) is 0.835. The first-order valence-electron chi connectivity index (χ1n) is 6.07. The van der Waals surface area contributed by atoms with E-state index >= 15 is 0 Å². The van der Waals surface area contributed by atoms with E-state index in [1.807, 2.05) is 0 Å². The van der Waals surface area contributed by atoms with Crippen LogP contribution in [0.15, 0.2) is 40.9 Å². The van der Waals surface area contributed by atoms with Crippen molar-refractivity contribution in [3.05, 3.63) is 63.6 Å². The van der Waals surface area contributed by atoms with Crippen LogP contribution in [0.5, 0.6) is 5.75 Å². The molecule has 0 fully saturated rings. The molecule has 0 saturated heterocycles. The van der Waals surface area contributed by atoms with Crippen molar-refractivity contribution in [2.75, 3.05) is 7.11 Å². The lowest BCUT2D eigenvalue weighted by molar-refractivity contribution is 0.0948. The van der Waals surface area contributed by atoms with E-state index in [1.54, 1.807) is 18.2 Å². The first kappa shape index (κ1) is 15.4. The van der Waals surface area contributed by atoms with Gasteiger partial charge in [0, 0.05) is 11.0 Å². The molecule has 0 atom stereocenters. The molecule has 1 amide bonds. The highest BCUT2D eigenvalue weighted by Crippen LogP contribution is 2.23. The molecule has 0 aliphatic heterocycles. The van der Waals surface area contributed by atoms with Crippen LogP contribution in [0.25, 0.3) is 0 Å². The van der Waals surface area contributed by atoms with Gasteiger partial charge in [0.2, 0.25) is 0 Å². The molecular formula is C15H12BrF2NO2. The molecule has 6 heteroatoms. The van der Waals surface area contributed by atoms with E-state index in [2.05, 4.69) is 21.2 Å². The zero-order chi connectivity index (χ0) is 15.4. The highest BCUT2D eigenvalue weighted by Gasteiger charge is 2.12. The SMILES string of the molecule is COc1cc(Br)ccc1C(=O)NCc1ccc(F)c(F)c1. The maximum Gasteiger partial charge on any atom is 0.255 e. The number of methoxy groups -OCH3 is 1. The molecule has 2 rings (SSSR count). The summed E-state index contributed by atoms with van der Waals surface area (Å²) in [7, 11) is 1.47. The van der Waals surface area contributed by atoms with Crippen LogP contribution in [0, 0.1) is 11.6 Å². The summed E-state index contributed by atoms with van der Waals surface area (Å²) in [5.74, 6) is -1.79. The molecule has 0 unspecified atom stereocenters. The van der Waals surface area contributed by atoms with Crippen molar-refractivity contribution in [1.29, 1.82) is 0 Å². The Labute approximate surface area is 129 Å². The zero-order valence-electron chi connectivity index (χ0n) is 11.1. The van der Waals surface area contributed by atoms with Gasteiger partial charge in [-0.2, -0.15) is 0 Å². The second kappa shape index (κ2) is 6.67. The Morgan fingerprint density at radius 3 is 2.62 bits per heavy atom. The van der Waals surface area contributed by atoms with Gasteiger partial charge in [-0.25, -0.2) is 8.78 Å². The minimum atomic E-state index is -0.942. The van der Waals surface area contributed by atoms with Gasteiger partial charge in [0.15, 0.2) is 11.6 Å². The second-order valence-electron chi connectivity index (χ2n) is 4.28. The van der Waals surface area contributed by atoms with E-state index in [0.29, 0.717) is 16.9 Å². The average Bonchev–Trinajstić information content (AvgIpc) is 2.48. The minimum absolute atomic E-state index is 0.0925. The molecule has 0 radical (unpaired) electrons. The number of carbonyl (C=O) groups is 1. The van der Waals surface area contributed by atoms with Gasteiger partial charge in [0.1, 0.15) is 5.75 Å². The fourth-order valence-electron chi connectivity index (χ4n) is 1.78. The van der Waals surface area contributed by atoms with Gasteiger partial charge in [-0.1, -0.05) is 22.0 Å². The standard InChI is InChI=1S/C15H12BrF2NO2/c1-21-14-7-10(16)3-4-11(14)15(20)19-8-9-2-5-12(17)13(18)6-9/h2-7H,8H2,1H3,(H,19,20). The van der Waals surface area contributed by atoms with E-state index in [4.69, 9.17) is 4.74 Å². The second-order valence-corrected chi connectivity index (χ2v) is 5.19. The largest absolute Gasteiger partial charge is 0.496 e. The molecule has 2 aromatic rings. The van der Waals surface area contributed by atoms with Crippen molar-refractivity contribution < 1.29 is 18.3 Å². The molecule has 0 bridgehead atoms. The van der Waals surface area contributed by atoms with Gasteiger partial charge >= 0.3 is 0 Å². The average molecular weight is 356 g/mol. The number of hydrogen-bond acceptors (Lipinski definition) is 2. The van der Waals surface area contributed by atoms with Crippen molar-refractivity contribution in [2.45, 2.75) is 6.54 Å². The molecule has 21 heavy (non-hydrogen) atoms. The van der Waals surface area contributed by atoms with Crippen molar-refractivity contribution >= 4 is 21.8 Å². The summed E-state index contributed by atoms with van der Waals surface area (Å²) >= 11 is 3.29. The monoisotopic (exact) mass is 355 g/mol. The van der Waals surface area contributed by atoms with Crippen LogP contribution in [-0.4, -0.2) is 13.0 Å². The van der Waals surface area contributed by atoms with E-state index in [1.165, 1.54) is 13.2 Å². The van der Waals surface area contributed by atoms with Gasteiger partial charge in [0.25, 0.3) is 5.91 Å². The topological polar surface area (TPSA) is 38.3 Å². The Morgan fingerprint density at radius 2 is 1.95 bits per heavy atom. The number of halogens is 3. The van der Waals surface area contributed by atoms with Crippen LogP contribution < -0.4 is 10.1 Å². The number of ether oxygens (including phenoxy) is 1. The normalized spacial score (nSPS) is 10.3. The van der Waals surface area contributed by atoms with Crippen molar-refractivity contribution in [1.82, 2.24) is 5.32 Å². The number of carbonyl (C=O) groups excluding carboxylic acids is 1. The fourth-order valence-corrected chi connectivity index (χ4v) is 2.12. The third-order valence-corrected chi connectivity index (χ3v) is 3.34. The highest BCUT2D eigenvalue weighted by atomic mass is 79.9. The summed E-state index contributed by atoms with van der Waals surface area (Å²) in [4.78, 5) is 12.1. The molecule has 3 nitrogen and oxygen atoms in total. The Kier molecular flexibility index (Phi) is 4.90. The predicted molar refractivity (Wildman–Crippen MR) is 78.2 cm³/mol. The van der Waals surface area contributed by atoms with Crippen LogP contribution in [0.3, 0.4) is 0 Å². The maximum absolute atomic E-state index is 13.1. The molecule has 0 aliphatic rings. The number of hydrogen-bond donors (Lipinski definition) is 1. The Bertz CT molecular complexity index is 677. The summed E-state index contributed by atoms with van der Waals surface area (Å²) in [6, 6.07) is 8.49. The van der Waals surface area contributed by atoms with Gasteiger partial charge in [0.05, 0.1) is 12.7 Å². The number of nitrogens with one attached hydrogen (secondary N) is 1. The molecule has 0 aliphatic carbocycles. The number of benzene rings is 2. The molecule has 2 aromatic carbocycles. The van der Waals surface area contributed by atoms with Crippen LogP contribution in [0.1, 0.15) is 15.9 Å². The van der Waals surface area contributed by atoms with Crippen LogP contribution in [0.4, 0.5) is 8.78 Å². The van der Waals surface area contributed by atoms with Crippen LogP contribution in [-0.2, 0) is 6.54 Å². The summed E-state index contributed by atoms with van der Waals surface area (Å²) in [6.45, 7) is 0.0925. The quantitative estimate of drug-likeness (QED) is 0.908. The van der Waals surface area contributed by atoms with Crippen molar-refractivity contribution in [3.8, 4) is 5.75 Å². The summed E-state index contributed by atoms with van der Waals surface area (Å²) in [5, 5.41) is 2.63. The smallest absolute Gasteiger partial charge is 0.255 e. The van der Waals surface area contributed by atoms with Crippen molar-refractivity contribution in [3.63, 3.8) is 0 Å². The molecule has 0 aromatic heterocycles. The molecule has 0 heterocycles. The Morgan fingerprint density at radius 1 is 1.19 bits per heavy atom. The van der Waals surface area contributed by atoms with E-state index in [9.17, 15) is 13.6 Å². The third kappa shape index (κ3) is 3.78. The van der Waals surface area contributed by atoms with Gasteiger partial charge < -0.3 is 10.1 Å². The van der Waals surface area contributed by atoms with Gasteiger partial charge in [-0.05, 0) is 35.9 Å². The van der Waals surface area contributed by atoms with Crippen molar-refractivity contribution in [2.24, 2.45) is 0 Å². The van der Waals surface area contributed by atoms with E-state index in [0.717, 1.165) is 16.6 Å². The molecule has 0 spiro atoms. The van der Waals surface area contributed by atoms with Crippen LogP contribution >= 0.6 is 15.9 Å². The van der Waals surface area contributed by atoms with Crippen LogP contribution in [0.2, 0.25) is 0 Å². The zero-order valence-corrected chi connectivity index (χ0v) is 12.7. The summed E-state index contributed by atoms with van der Waals surface area (Å²) < 4.78 is 31.8. The number of rotatable bonds is 4.